The van der Waals surface area contributed by atoms with Crippen LogP contribution in [0.1, 0.15) is 64.9 Å². The van der Waals surface area contributed by atoms with Gasteiger partial charge in [0.05, 0.1) is 11.4 Å². The summed E-state index contributed by atoms with van der Waals surface area (Å²) in [6.45, 7) is 9.91. The number of sulfonamides is 1. The van der Waals surface area contributed by atoms with E-state index in [0.29, 0.717) is 49.8 Å². The smallest absolute Gasteiger partial charge is 0.243 e. The molecule has 0 saturated carbocycles. The second-order valence-corrected chi connectivity index (χ2v) is 10.4. The maximum Gasteiger partial charge on any atom is 0.243 e. The number of nitrogens with zero attached hydrogens (tertiary/aromatic N) is 2. The zero-order chi connectivity index (χ0) is 23.0. The quantitative estimate of drug-likeness (QED) is 0.592. The van der Waals surface area contributed by atoms with Crippen LogP contribution in [0.5, 0.6) is 0 Å². The molecule has 1 aliphatic rings. The van der Waals surface area contributed by atoms with Gasteiger partial charge >= 0.3 is 0 Å². The van der Waals surface area contributed by atoms with E-state index in [1.165, 1.54) is 4.31 Å². The van der Waals surface area contributed by atoms with E-state index in [4.69, 9.17) is 0 Å². The van der Waals surface area contributed by atoms with E-state index in [9.17, 15) is 18.0 Å². The van der Waals surface area contributed by atoms with Gasteiger partial charge in [-0.2, -0.15) is 4.31 Å². The molecule has 1 saturated heterocycles. The molecule has 2 rings (SSSR count). The molecule has 0 bridgehead atoms. The van der Waals surface area contributed by atoms with Crippen molar-refractivity contribution in [2.75, 3.05) is 32.7 Å². The minimum absolute atomic E-state index is 0.0492. The molecule has 0 aromatic heterocycles. The molecule has 0 radical (unpaired) electrons. The molecule has 1 aromatic rings. The first kappa shape index (κ1) is 25.3. The zero-order valence-corrected chi connectivity index (χ0v) is 20.1. The van der Waals surface area contributed by atoms with Crippen LogP contribution in [0.25, 0.3) is 0 Å². The van der Waals surface area contributed by atoms with Gasteiger partial charge in [0, 0.05) is 32.1 Å². The highest BCUT2D eigenvalue weighted by atomic mass is 32.2. The molecule has 0 atom stereocenters. The van der Waals surface area contributed by atoms with Gasteiger partial charge in [0.2, 0.25) is 21.8 Å². The first-order chi connectivity index (χ1) is 14.7. The van der Waals surface area contributed by atoms with Gasteiger partial charge in [-0.1, -0.05) is 39.8 Å². The molecule has 2 amide bonds. The minimum Gasteiger partial charge on any atom is -0.355 e. The van der Waals surface area contributed by atoms with Gasteiger partial charge in [0.15, 0.2) is 0 Å². The summed E-state index contributed by atoms with van der Waals surface area (Å²) in [6, 6.07) is 7.06. The average molecular weight is 452 g/mol. The summed E-state index contributed by atoms with van der Waals surface area (Å²) in [5, 5.41) is 2.81. The average Bonchev–Trinajstić information content (AvgIpc) is 2.77. The first-order valence-corrected chi connectivity index (χ1v) is 12.8. The van der Waals surface area contributed by atoms with Crippen molar-refractivity contribution in [2.45, 2.75) is 64.2 Å². The van der Waals surface area contributed by atoms with Gasteiger partial charge in [0.25, 0.3) is 0 Å². The van der Waals surface area contributed by atoms with Gasteiger partial charge in [-0.25, -0.2) is 8.42 Å². The topological polar surface area (TPSA) is 86.8 Å². The summed E-state index contributed by atoms with van der Waals surface area (Å²) < 4.78 is 27.5. The molecule has 1 N–H and O–H groups in total. The Labute approximate surface area is 187 Å². The Balaban J connectivity index is 1.99. The monoisotopic (exact) mass is 451 g/mol. The number of nitrogens with one attached hydrogen (secondary N) is 1. The molecular weight excluding hydrogens is 414 g/mol. The Morgan fingerprint density at radius 1 is 1.10 bits per heavy atom. The van der Waals surface area contributed by atoms with Crippen molar-refractivity contribution in [3.63, 3.8) is 0 Å². The number of rotatable bonds is 10. The molecule has 0 spiro atoms. The van der Waals surface area contributed by atoms with E-state index in [-0.39, 0.29) is 24.3 Å². The lowest BCUT2D eigenvalue weighted by Crippen LogP contribution is -2.47. The maximum absolute atomic E-state index is 13.0. The highest BCUT2D eigenvalue weighted by Crippen LogP contribution is 2.26. The van der Waals surface area contributed by atoms with E-state index in [1.54, 1.807) is 17.0 Å². The number of carbonyl (C=O) groups excluding carboxylic acids is 2. The van der Waals surface area contributed by atoms with Gasteiger partial charge in [-0.15, -0.1) is 0 Å². The van der Waals surface area contributed by atoms with Crippen LogP contribution < -0.4 is 5.32 Å². The molecule has 0 aliphatic carbocycles. The Morgan fingerprint density at radius 2 is 1.71 bits per heavy atom. The molecule has 1 heterocycles. The molecule has 7 nitrogen and oxygen atoms in total. The van der Waals surface area contributed by atoms with E-state index in [1.807, 2.05) is 26.0 Å². The maximum atomic E-state index is 13.0. The van der Waals surface area contributed by atoms with Crippen molar-refractivity contribution in [3.8, 4) is 0 Å². The van der Waals surface area contributed by atoms with Gasteiger partial charge in [-0.3, -0.25) is 9.59 Å². The van der Waals surface area contributed by atoms with Crippen molar-refractivity contribution < 1.29 is 18.0 Å². The van der Waals surface area contributed by atoms with Crippen molar-refractivity contribution in [1.82, 2.24) is 14.5 Å². The summed E-state index contributed by atoms with van der Waals surface area (Å²) in [5.74, 6) is -0.103. The largest absolute Gasteiger partial charge is 0.355 e. The summed E-state index contributed by atoms with van der Waals surface area (Å²) in [5.41, 5.74) is 1.10. The Hall–Kier alpha value is -1.93. The Kier molecular flexibility index (Phi) is 9.50. The van der Waals surface area contributed by atoms with Crippen LogP contribution in [0.2, 0.25) is 0 Å². The Morgan fingerprint density at radius 3 is 2.23 bits per heavy atom. The molecular formula is C23H37N3O4S. The zero-order valence-electron chi connectivity index (χ0n) is 19.3. The second kappa shape index (κ2) is 11.6. The molecule has 8 heteroatoms. The SMILES string of the molecule is CCCNC(=O)CN(CCC)C(=O)C1CCN(S(=O)(=O)c2ccc(C(C)C)cc2)CC1. The highest BCUT2D eigenvalue weighted by Gasteiger charge is 2.34. The van der Waals surface area contributed by atoms with E-state index >= 15 is 0 Å². The third-order valence-electron chi connectivity index (χ3n) is 5.70. The van der Waals surface area contributed by atoms with E-state index in [2.05, 4.69) is 19.2 Å². The molecule has 1 fully saturated rings. The number of piperidine rings is 1. The van der Waals surface area contributed by atoms with Crippen LogP contribution in [-0.2, 0) is 19.6 Å². The molecule has 1 aromatic carbocycles. The highest BCUT2D eigenvalue weighted by molar-refractivity contribution is 7.89. The number of benzene rings is 1. The Bertz CT molecular complexity index is 829. The normalized spacial score (nSPS) is 15.8. The van der Waals surface area contributed by atoms with E-state index in [0.717, 1.165) is 18.4 Å². The lowest BCUT2D eigenvalue weighted by atomic mass is 9.96. The fraction of sp³-hybridized carbons (Fsp3) is 0.652. The van der Waals surface area contributed by atoms with Crippen molar-refractivity contribution in [2.24, 2.45) is 5.92 Å². The summed E-state index contributed by atoms with van der Waals surface area (Å²) >= 11 is 0. The van der Waals surface area contributed by atoms with Gasteiger partial charge in [0.1, 0.15) is 0 Å². The van der Waals surface area contributed by atoms with E-state index < -0.39 is 10.0 Å². The summed E-state index contributed by atoms with van der Waals surface area (Å²) in [7, 11) is -3.57. The van der Waals surface area contributed by atoms with Crippen LogP contribution in [0.3, 0.4) is 0 Å². The van der Waals surface area contributed by atoms with Crippen LogP contribution in [0, 0.1) is 5.92 Å². The van der Waals surface area contributed by atoms with Crippen LogP contribution in [0.15, 0.2) is 29.2 Å². The third kappa shape index (κ3) is 6.77. The number of hydrogen-bond donors (Lipinski definition) is 1. The van der Waals surface area contributed by atoms with Crippen LogP contribution in [0.4, 0.5) is 0 Å². The fourth-order valence-corrected chi connectivity index (χ4v) is 5.28. The van der Waals surface area contributed by atoms with Crippen molar-refractivity contribution >= 4 is 21.8 Å². The lowest BCUT2D eigenvalue weighted by molar-refractivity contribution is -0.140. The summed E-state index contributed by atoms with van der Waals surface area (Å²) in [4.78, 5) is 27.0. The van der Waals surface area contributed by atoms with Crippen LogP contribution >= 0.6 is 0 Å². The predicted octanol–water partition coefficient (Wildman–Crippen LogP) is 2.98. The lowest BCUT2D eigenvalue weighted by Gasteiger charge is -2.33. The molecule has 0 unspecified atom stereocenters. The second-order valence-electron chi connectivity index (χ2n) is 8.51. The van der Waals surface area contributed by atoms with Gasteiger partial charge < -0.3 is 10.2 Å². The van der Waals surface area contributed by atoms with Crippen LogP contribution in [-0.4, -0.2) is 62.2 Å². The number of carbonyl (C=O) groups is 2. The third-order valence-corrected chi connectivity index (χ3v) is 7.61. The standard InChI is InChI=1S/C23H37N3O4S/c1-5-13-24-22(27)17-25(14-6-2)23(28)20-11-15-26(16-12-20)31(29,30)21-9-7-19(8-10-21)18(3)4/h7-10,18,20H,5-6,11-17H2,1-4H3,(H,24,27). The first-order valence-electron chi connectivity index (χ1n) is 11.4. The summed E-state index contributed by atoms with van der Waals surface area (Å²) in [6.07, 6.45) is 2.56. The van der Waals surface area contributed by atoms with Gasteiger partial charge in [-0.05, 0) is 49.3 Å². The molecule has 174 valence electrons. The van der Waals surface area contributed by atoms with Crippen molar-refractivity contribution in [3.05, 3.63) is 29.8 Å². The molecule has 31 heavy (non-hydrogen) atoms. The number of amides is 2. The fourth-order valence-electron chi connectivity index (χ4n) is 3.81. The molecule has 1 aliphatic heterocycles. The number of hydrogen-bond acceptors (Lipinski definition) is 4. The predicted molar refractivity (Wildman–Crippen MR) is 122 cm³/mol. The van der Waals surface area contributed by atoms with Crippen molar-refractivity contribution in [1.29, 1.82) is 0 Å². The minimum atomic E-state index is -3.57.